The standard InChI is InChI=1S/C16H27N5O.HI/c1-3-17-15(18-12-16(22)6-4-7-16)21-8-5-13(11-21)14-9-19-20(2)10-14;/h9-10,13,22H,3-8,11-12H2,1-2H3,(H,17,18);1H. The highest BCUT2D eigenvalue weighted by Gasteiger charge is 2.34. The number of nitrogens with one attached hydrogen (secondary N) is 1. The average molecular weight is 433 g/mol. The molecular formula is C16H28IN5O. The Kier molecular flexibility index (Phi) is 6.30. The lowest BCUT2D eigenvalue weighted by atomic mass is 9.80. The Bertz CT molecular complexity index is 540. The van der Waals surface area contributed by atoms with Crippen molar-refractivity contribution >= 4 is 29.9 Å². The Morgan fingerprint density at radius 3 is 2.87 bits per heavy atom. The van der Waals surface area contributed by atoms with Crippen LogP contribution in [0.5, 0.6) is 0 Å². The molecule has 1 atom stereocenters. The molecular weight excluding hydrogens is 405 g/mol. The quantitative estimate of drug-likeness (QED) is 0.431. The van der Waals surface area contributed by atoms with E-state index in [0.717, 1.165) is 51.3 Å². The van der Waals surface area contributed by atoms with Crippen LogP contribution in [-0.4, -0.2) is 57.5 Å². The molecule has 130 valence electrons. The van der Waals surface area contributed by atoms with Gasteiger partial charge in [0, 0.05) is 38.8 Å². The van der Waals surface area contributed by atoms with Crippen LogP contribution in [-0.2, 0) is 7.05 Å². The third kappa shape index (κ3) is 4.37. The predicted molar refractivity (Wildman–Crippen MR) is 102 cm³/mol. The first-order valence-electron chi connectivity index (χ1n) is 8.34. The van der Waals surface area contributed by atoms with Gasteiger partial charge >= 0.3 is 0 Å². The van der Waals surface area contributed by atoms with Gasteiger partial charge in [0.1, 0.15) is 0 Å². The normalized spacial score (nSPS) is 23.3. The van der Waals surface area contributed by atoms with E-state index in [1.165, 1.54) is 5.56 Å². The van der Waals surface area contributed by atoms with Crippen LogP contribution >= 0.6 is 24.0 Å². The van der Waals surface area contributed by atoms with Crippen molar-refractivity contribution in [3.05, 3.63) is 18.0 Å². The molecule has 0 spiro atoms. The number of halogens is 1. The van der Waals surface area contributed by atoms with Crippen LogP contribution in [0.2, 0.25) is 0 Å². The summed E-state index contributed by atoms with van der Waals surface area (Å²) in [5.74, 6) is 1.46. The van der Waals surface area contributed by atoms with Crippen LogP contribution in [0.3, 0.4) is 0 Å². The van der Waals surface area contributed by atoms with E-state index < -0.39 is 5.60 Å². The van der Waals surface area contributed by atoms with Gasteiger partial charge in [-0.25, -0.2) is 0 Å². The van der Waals surface area contributed by atoms with Gasteiger partial charge in [0.15, 0.2) is 5.96 Å². The topological polar surface area (TPSA) is 65.7 Å². The number of nitrogens with zero attached hydrogens (tertiary/aromatic N) is 4. The lowest BCUT2D eigenvalue weighted by molar-refractivity contribution is -0.0237. The van der Waals surface area contributed by atoms with Gasteiger partial charge in [0.2, 0.25) is 0 Å². The van der Waals surface area contributed by atoms with E-state index in [1.807, 2.05) is 17.9 Å². The van der Waals surface area contributed by atoms with Crippen molar-refractivity contribution in [1.29, 1.82) is 0 Å². The molecule has 23 heavy (non-hydrogen) atoms. The van der Waals surface area contributed by atoms with Gasteiger partial charge in [0.05, 0.1) is 18.3 Å². The van der Waals surface area contributed by atoms with Crippen LogP contribution in [0.4, 0.5) is 0 Å². The minimum atomic E-state index is -0.552. The molecule has 2 aliphatic rings. The summed E-state index contributed by atoms with van der Waals surface area (Å²) in [6.45, 7) is 5.43. The van der Waals surface area contributed by atoms with Gasteiger partial charge in [-0.15, -0.1) is 24.0 Å². The maximum Gasteiger partial charge on any atom is 0.194 e. The first kappa shape index (κ1) is 18.5. The molecule has 1 aromatic heterocycles. The van der Waals surface area contributed by atoms with Crippen molar-refractivity contribution < 1.29 is 5.11 Å². The van der Waals surface area contributed by atoms with Gasteiger partial charge in [-0.2, -0.15) is 5.10 Å². The summed E-state index contributed by atoms with van der Waals surface area (Å²) in [6.07, 6.45) is 8.09. The van der Waals surface area contributed by atoms with Crippen molar-refractivity contribution in [2.45, 2.75) is 44.1 Å². The maximum atomic E-state index is 10.2. The van der Waals surface area contributed by atoms with E-state index in [0.29, 0.717) is 12.5 Å². The summed E-state index contributed by atoms with van der Waals surface area (Å²) in [6, 6.07) is 0. The predicted octanol–water partition coefficient (Wildman–Crippen LogP) is 1.71. The summed E-state index contributed by atoms with van der Waals surface area (Å²) in [5.41, 5.74) is 0.752. The summed E-state index contributed by atoms with van der Waals surface area (Å²) in [7, 11) is 1.96. The molecule has 1 saturated heterocycles. The smallest absolute Gasteiger partial charge is 0.194 e. The van der Waals surface area contributed by atoms with Crippen molar-refractivity contribution in [2.24, 2.45) is 12.0 Å². The number of likely N-dealkylation sites (tertiary alicyclic amines) is 1. The molecule has 1 saturated carbocycles. The van der Waals surface area contributed by atoms with E-state index in [4.69, 9.17) is 0 Å². The zero-order chi connectivity index (χ0) is 15.6. The zero-order valence-electron chi connectivity index (χ0n) is 14.0. The highest BCUT2D eigenvalue weighted by atomic mass is 127. The molecule has 2 fully saturated rings. The fourth-order valence-electron chi connectivity index (χ4n) is 3.27. The fraction of sp³-hybridized carbons (Fsp3) is 0.750. The highest BCUT2D eigenvalue weighted by molar-refractivity contribution is 14.0. The Morgan fingerprint density at radius 2 is 2.30 bits per heavy atom. The second-order valence-corrected chi connectivity index (χ2v) is 6.63. The Hall–Kier alpha value is -0.830. The Labute approximate surface area is 155 Å². The summed E-state index contributed by atoms with van der Waals surface area (Å²) >= 11 is 0. The molecule has 3 rings (SSSR count). The molecule has 1 aliphatic carbocycles. The van der Waals surface area contributed by atoms with Crippen molar-refractivity contribution in [1.82, 2.24) is 20.0 Å². The van der Waals surface area contributed by atoms with Crippen molar-refractivity contribution in [3.63, 3.8) is 0 Å². The Morgan fingerprint density at radius 1 is 1.52 bits per heavy atom. The van der Waals surface area contributed by atoms with Crippen LogP contribution in [0.1, 0.15) is 44.1 Å². The largest absolute Gasteiger partial charge is 0.388 e. The molecule has 2 N–H and O–H groups in total. The van der Waals surface area contributed by atoms with Gasteiger partial charge in [-0.05, 0) is 38.2 Å². The number of hydrogen-bond acceptors (Lipinski definition) is 3. The average Bonchev–Trinajstić information content (AvgIpc) is 3.10. The molecule has 0 amide bonds. The van der Waals surface area contributed by atoms with Crippen LogP contribution < -0.4 is 5.32 Å². The van der Waals surface area contributed by atoms with E-state index in [-0.39, 0.29) is 24.0 Å². The Balaban J connectivity index is 0.00000192. The van der Waals surface area contributed by atoms with Crippen molar-refractivity contribution in [2.75, 3.05) is 26.2 Å². The van der Waals surface area contributed by atoms with E-state index in [9.17, 15) is 5.11 Å². The number of aliphatic hydroxyl groups is 1. The first-order chi connectivity index (χ1) is 10.6. The molecule has 0 radical (unpaired) electrons. The minimum Gasteiger partial charge on any atom is -0.388 e. The molecule has 7 heteroatoms. The molecule has 6 nitrogen and oxygen atoms in total. The monoisotopic (exact) mass is 433 g/mol. The molecule has 0 aromatic carbocycles. The number of aliphatic imine (C=N–C) groups is 1. The fourth-order valence-corrected chi connectivity index (χ4v) is 3.27. The molecule has 1 aromatic rings. The molecule has 2 heterocycles. The van der Waals surface area contributed by atoms with Gasteiger partial charge in [0.25, 0.3) is 0 Å². The van der Waals surface area contributed by atoms with E-state index >= 15 is 0 Å². The number of aromatic nitrogens is 2. The molecule has 1 unspecified atom stereocenters. The maximum absolute atomic E-state index is 10.2. The summed E-state index contributed by atoms with van der Waals surface area (Å²) in [4.78, 5) is 6.99. The minimum absolute atomic E-state index is 0. The van der Waals surface area contributed by atoms with E-state index in [2.05, 4.69) is 33.4 Å². The van der Waals surface area contributed by atoms with Crippen molar-refractivity contribution in [3.8, 4) is 0 Å². The first-order valence-corrected chi connectivity index (χ1v) is 8.34. The summed E-state index contributed by atoms with van der Waals surface area (Å²) in [5, 5.41) is 17.9. The van der Waals surface area contributed by atoms with Gasteiger partial charge in [-0.3, -0.25) is 9.67 Å². The van der Waals surface area contributed by atoms with Crippen LogP contribution in [0.25, 0.3) is 0 Å². The second-order valence-electron chi connectivity index (χ2n) is 6.63. The number of hydrogen-bond donors (Lipinski definition) is 2. The zero-order valence-corrected chi connectivity index (χ0v) is 16.4. The number of guanidine groups is 1. The molecule has 1 aliphatic heterocycles. The molecule has 0 bridgehead atoms. The van der Waals surface area contributed by atoms with E-state index in [1.54, 1.807) is 0 Å². The third-order valence-electron chi connectivity index (χ3n) is 4.83. The SMILES string of the molecule is CCNC(=NCC1(O)CCC1)N1CCC(c2cnn(C)c2)C1.I. The van der Waals surface area contributed by atoms with Gasteiger partial charge in [-0.1, -0.05) is 0 Å². The third-order valence-corrected chi connectivity index (χ3v) is 4.83. The lowest BCUT2D eigenvalue weighted by Crippen LogP contribution is -2.44. The number of aryl methyl sites for hydroxylation is 1. The van der Waals surface area contributed by atoms with Gasteiger partial charge < -0.3 is 15.3 Å². The van der Waals surface area contributed by atoms with Crippen LogP contribution in [0, 0.1) is 0 Å². The second kappa shape index (κ2) is 7.83. The highest BCUT2D eigenvalue weighted by Crippen LogP contribution is 2.32. The number of rotatable bonds is 4. The lowest BCUT2D eigenvalue weighted by Gasteiger charge is -2.35. The summed E-state index contributed by atoms with van der Waals surface area (Å²) < 4.78 is 1.86. The van der Waals surface area contributed by atoms with Crippen LogP contribution in [0.15, 0.2) is 17.4 Å².